The van der Waals surface area contributed by atoms with Crippen molar-refractivity contribution in [3.8, 4) is 0 Å². The molecule has 1 saturated carbocycles. The summed E-state index contributed by atoms with van der Waals surface area (Å²) in [5.74, 6) is 0.785. The summed E-state index contributed by atoms with van der Waals surface area (Å²) in [6.07, 6.45) is 2.36. The van der Waals surface area contributed by atoms with Crippen molar-refractivity contribution in [3.05, 3.63) is 48.0 Å². The lowest BCUT2D eigenvalue weighted by Gasteiger charge is -2.29. The number of hydrogen-bond donors (Lipinski definition) is 5. The summed E-state index contributed by atoms with van der Waals surface area (Å²) < 4.78 is 1.74. The van der Waals surface area contributed by atoms with Crippen LogP contribution in [-0.2, 0) is 0 Å². The number of pyridine rings is 1. The van der Waals surface area contributed by atoms with E-state index in [0.29, 0.717) is 17.2 Å². The number of primary amides is 1. The van der Waals surface area contributed by atoms with E-state index in [2.05, 4.69) is 26.0 Å². The fourth-order valence-corrected chi connectivity index (χ4v) is 3.68. The van der Waals surface area contributed by atoms with Crippen molar-refractivity contribution in [2.24, 2.45) is 5.73 Å². The van der Waals surface area contributed by atoms with Gasteiger partial charge in [0.25, 0.3) is 0 Å². The van der Waals surface area contributed by atoms with Crippen molar-refractivity contribution < 1.29 is 14.7 Å². The van der Waals surface area contributed by atoms with Crippen molar-refractivity contribution in [3.63, 3.8) is 0 Å². The van der Waals surface area contributed by atoms with Crippen LogP contribution in [-0.4, -0.2) is 43.8 Å². The molecule has 2 aromatic heterocycles. The van der Waals surface area contributed by atoms with Crippen LogP contribution in [0.3, 0.4) is 0 Å². The summed E-state index contributed by atoms with van der Waals surface area (Å²) in [5, 5.41) is 22.6. The number of anilines is 3. The molecule has 0 unspecified atom stereocenters. The van der Waals surface area contributed by atoms with Gasteiger partial charge in [0.15, 0.2) is 5.65 Å². The second kappa shape index (κ2) is 8.27. The van der Waals surface area contributed by atoms with Gasteiger partial charge in [0.05, 0.1) is 0 Å². The minimum absolute atomic E-state index is 0.0134. The predicted octanol–water partition coefficient (Wildman–Crippen LogP) is 2.56. The first kappa shape index (κ1) is 19.5. The Morgan fingerprint density at radius 3 is 2.40 bits per heavy atom. The Kier molecular flexibility index (Phi) is 5.38. The number of nitrogens with two attached hydrogens (primary N) is 1. The third kappa shape index (κ3) is 4.43. The highest BCUT2D eigenvalue weighted by atomic mass is 16.4. The number of carbonyl (C=O) groups is 2. The number of aromatic nitrogens is 3. The minimum Gasteiger partial charge on any atom is -0.465 e. The second-order valence-electron chi connectivity index (χ2n) is 7.33. The Balaban J connectivity index is 1.45. The highest BCUT2D eigenvalue weighted by Gasteiger charge is 2.23. The molecule has 1 fully saturated rings. The molecule has 1 aliphatic rings. The van der Waals surface area contributed by atoms with Crippen LogP contribution < -0.4 is 21.7 Å². The molecule has 3 aromatic rings. The van der Waals surface area contributed by atoms with Gasteiger partial charge in [0.2, 0.25) is 11.9 Å². The molecule has 0 aliphatic heterocycles. The van der Waals surface area contributed by atoms with Crippen LogP contribution in [0.25, 0.3) is 5.65 Å². The molecule has 1 aromatic carbocycles. The predicted molar refractivity (Wildman–Crippen MR) is 112 cm³/mol. The molecule has 0 atom stereocenters. The molecule has 1 aliphatic carbocycles. The number of fused-ring (bicyclic) bond motifs is 1. The first-order chi connectivity index (χ1) is 14.5. The number of amides is 2. The van der Waals surface area contributed by atoms with Crippen LogP contribution in [0.15, 0.2) is 42.5 Å². The summed E-state index contributed by atoms with van der Waals surface area (Å²) in [7, 11) is 0. The Morgan fingerprint density at radius 1 is 1.03 bits per heavy atom. The highest BCUT2D eigenvalue weighted by Crippen LogP contribution is 2.23. The highest BCUT2D eigenvalue weighted by molar-refractivity contribution is 5.93. The lowest BCUT2D eigenvalue weighted by molar-refractivity contribution is 0.1000. The van der Waals surface area contributed by atoms with Crippen LogP contribution in [0.1, 0.15) is 36.0 Å². The summed E-state index contributed by atoms with van der Waals surface area (Å²) in [5.41, 5.74) is 7.14. The molecule has 6 N–H and O–H groups in total. The summed E-state index contributed by atoms with van der Waals surface area (Å²) in [6.45, 7) is 0. The average Bonchev–Trinajstić information content (AvgIpc) is 3.13. The lowest BCUT2D eigenvalue weighted by atomic mass is 9.91. The number of nitrogens with one attached hydrogen (secondary N) is 3. The molecule has 10 nitrogen and oxygen atoms in total. The molecular formula is C20H23N7O3. The fourth-order valence-electron chi connectivity index (χ4n) is 3.68. The maximum absolute atomic E-state index is 11.2. The third-order valence-corrected chi connectivity index (χ3v) is 5.19. The summed E-state index contributed by atoms with van der Waals surface area (Å²) in [6, 6.07) is 12.7. The van der Waals surface area contributed by atoms with Crippen molar-refractivity contribution in [2.75, 3.05) is 10.6 Å². The minimum atomic E-state index is -0.969. The van der Waals surface area contributed by atoms with Crippen molar-refractivity contribution in [1.29, 1.82) is 0 Å². The van der Waals surface area contributed by atoms with Gasteiger partial charge < -0.3 is 26.8 Å². The van der Waals surface area contributed by atoms with Crippen LogP contribution in [0, 0.1) is 0 Å². The quantitative estimate of drug-likeness (QED) is 0.420. The van der Waals surface area contributed by atoms with Crippen molar-refractivity contribution >= 4 is 35.1 Å². The molecule has 10 heteroatoms. The van der Waals surface area contributed by atoms with Gasteiger partial charge in [-0.25, -0.2) is 4.79 Å². The van der Waals surface area contributed by atoms with Gasteiger partial charge in [-0.3, -0.25) is 4.79 Å². The smallest absolute Gasteiger partial charge is 0.404 e. The molecule has 156 valence electrons. The van der Waals surface area contributed by atoms with Gasteiger partial charge in [-0.05, 0) is 62.1 Å². The van der Waals surface area contributed by atoms with E-state index in [1.54, 1.807) is 28.8 Å². The van der Waals surface area contributed by atoms with E-state index in [1.165, 1.54) is 0 Å². The maximum Gasteiger partial charge on any atom is 0.404 e. The molecule has 2 amide bonds. The van der Waals surface area contributed by atoms with E-state index in [1.807, 2.05) is 18.2 Å². The number of carbonyl (C=O) groups excluding carboxylic acids is 1. The summed E-state index contributed by atoms with van der Waals surface area (Å²) >= 11 is 0. The van der Waals surface area contributed by atoms with E-state index < -0.39 is 12.0 Å². The molecule has 0 saturated heterocycles. The van der Waals surface area contributed by atoms with Gasteiger partial charge in [0.1, 0.15) is 5.82 Å². The zero-order chi connectivity index (χ0) is 21.1. The average molecular weight is 409 g/mol. The maximum atomic E-state index is 11.2. The molecular weight excluding hydrogens is 386 g/mol. The van der Waals surface area contributed by atoms with E-state index >= 15 is 0 Å². The zero-order valence-corrected chi connectivity index (χ0v) is 16.2. The third-order valence-electron chi connectivity index (χ3n) is 5.19. The van der Waals surface area contributed by atoms with E-state index in [4.69, 9.17) is 10.8 Å². The Morgan fingerprint density at radius 2 is 1.73 bits per heavy atom. The largest absolute Gasteiger partial charge is 0.465 e. The van der Waals surface area contributed by atoms with Crippen LogP contribution in [0.5, 0.6) is 0 Å². The number of rotatable bonds is 6. The lowest BCUT2D eigenvalue weighted by Crippen LogP contribution is -2.39. The molecule has 4 rings (SSSR count). The fraction of sp³-hybridized carbons (Fsp3) is 0.300. The number of hydrogen-bond acceptors (Lipinski definition) is 6. The normalized spacial score (nSPS) is 18.7. The monoisotopic (exact) mass is 409 g/mol. The van der Waals surface area contributed by atoms with Crippen LogP contribution in [0.2, 0.25) is 0 Å². The molecule has 0 bridgehead atoms. The Labute approximate surface area is 172 Å². The van der Waals surface area contributed by atoms with Crippen LogP contribution in [0.4, 0.5) is 22.2 Å². The molecule has 0 radical (unpaired) electrons. The van der Waals surface area contributed by atoms with E-state index in [0.717, 1.165) is 37.2 Å². The Bertz CT molecular complexity index is 1060. The first-order valence-electron chi connectivity index (χ1n) is 9.76. The van der Waals surface area contributed by atoms with E-state index in [-0.39, 0.29) is 12.1 Å². The van der Waals surface area contributed by atoms with Gasteiger partial charge >= 0.3 is 6.09 Å². The Hall–Kier alpha value is -3.82. The van der Waals surface area contributed by atoms with Gasteiger partial charge in [-0.15, -0.1) is 5.10 Å². The molecule has 30 heavy (non-hydrogen) atoms. The van der Waals surface area contributed by atoms with Crippen molar-refractivity contribution in [2.45, 2.75) is 37.8 Å². The zero-order valence-electron chi connectivity index (χ0n) is 16.2. The van der Waals surface area contributed by atoms with Gasteiger partial charge in [0, 0.05) is 23.3 Å². The summed E-state index contributed by atoms with van der Waals surface area (Å²) in [4.78, 5) is 26.5. The number of carboxylic acid groups (broad SMARTS) is 1. The molecule has 0 spiro atoms. The molecule has 2 heterocycles. The van der Waals surface area contributed by atoms with Crippen molar-refractivity contribution in [1.82, 2.24) is 19.9 Å². The topological polar surface area (TPSA) is 147 Å². The standard InChI is InChI=1S/C20H23N7O3/c21-18(28)12-4-6-14(7-5-12)23-19-25-17-3-1-2-16(27(17)26-19)22-13-8-10-15(11-9-13)24-20(29)30/h1-7,13,15,22,24H,8-11H2,(H2,21,28)(H,23,26)(H,29,30). The van der Waals surface area contributed by atoms with E-state index in [9.17, 15) is 9.59 Å². The number of nitrogens with zero attached hydrogens (tertiary/aromatic N) is 3. The number of benzene rings is 1. The SMILES string of the molecule is NC(=O)c1ccc(Nc2nc3cccc(NC4CCC(NC(=O)O)CC4)n3n2)cc1. The first-order valence-corrected chi connectivity index (χ1v) is 9.76. The van der Waals surface area contributed by atoms with Crippen LogP contribution >= 0.6 is 0 Å². The second-order valence-corrected chi connectivity index (χ2v) is 7.33. The van der Waals surface area contributed by atoms with Gasteiger partial charge in [-0.1, -0.05) is 6.07 Å². The van der Waals surface area contributed by atoms with Gasteiger partial charge in [-0.2, -0.15) is 9.50 Å².